The van der Waals surface area contributed by atoms with Gasteiger partial charge in [0.15, 0.2) is 0 Å². The number of hydrogen-bond donors (Lipinski definition) is 1. The molecular formula is C13H27NO2. The molecule has 2 atom stereocenters. The van der Waals surface area contributed by atoms with Crippen LogP contribution in [0.5, 0.6) is 0 Å². The fourth-order valence-electron chi connectivity index (χ4n) is 2.24. The molecule has 0 amide bonds. The van der Waals surface area contributed by atoms with E-state index in [0.29, 0.717) is 6.10 Å². The normalized spacial score (nSPS) is 25.9. The standard InChI is InChI=1S/C13H27NO2/c1-3-15-9-7-14-8-10-16-13-6-4-5-12(2)11-13/h12-14H,3-11H2,1-2H3. The van der Waals surface area contributed by atoms with Crippen LogP contribution in [0.3, 0.4) is 0 Å². The monoisotopic (exact) mass is 229 g/mol. The third-order valence-electron chi connectivity index (χ3n) is 3.15. The molecule has 0 heterocycles. The minimum absolute atomic E-state index is 0.512. The topological polar surface area (TPSA) is 30.5 Å². The van der Waals surface area contributed by atoms with Gasteiger partial charge in [0.25, 0.3) is 0 Å². The second kappa shape index (κ2) is 8.97. The molecule has 1 N–H and O–H groups in total. The van der Waals surface area contributed by atoms with Crippen LogP contribution in [0.1, 0.15) is 39.5 Å². The van der Waals surface area contributed by atoms with Crippen molar-refractivity contribution in [3.8, 4) is 0 Å². The zero-order valence-corrected chi connectivity index (χ0v) is 10.8. The smallest absolute Gasteiger partial charge is 0.0594 e. The minimum Gasteiger partial charge on any atom is -0.380 e. The van der Waals surface area contributed by atoms with Gasteiger partial charge in [-0.2, -0.15) is 0 Å². The van der Waals surface area contributed by atoms with Crippen LogP contribution < -0.4 is 5.32 Å². The van der Waals surface area contributed by atoms with Crippen molar-refractivity contribution in [2.24, 2.45) is 5.92 Å². The zero-order chi connectivity index (χ0) is 11.6. The summed E-state index contributed by atoms with van der Waals surface area (Å²) >= 11 is 0. The van der Waals surface area contributed by atoms with Crippen LogP contribution in [0.4, 0.5) is 0 Å². The van der Waals surface area contributed by atoms with Crippen LogP contribution in [0.15, 0.2) is 0 Å². The van der Waals surface area contributed by atoms with Crippen molar-refractivity contribution in [2.75, 3.05) is 32.9 Å². The van der Waals surface area contributed by atoms with E-state index in [-0.39, 0.29) is 0 Å². The maximum absolute atomic E-state index is 5.86. The molecule has 0 aromatic heterocycles. The predicted molar refractivity (Wildman–Crippen MR) is 66.7 cm³/mol. The Hall–Kier alpha value is -0.120. The summed E-state index contributed by atoms with van der Waals surface area (Å²) in [6, 6.07) is 0. The first-order valence-corrected chi connectivity index (χ1v) is 6.73. The van der Waals surface area contributed by atoms with Crippen molar-refractivity contribution in [2.45, 2.75) is 45.6 Å². The second-order valence-electron chi connectivity index (χ2n) is 4.71. The van der Waals surface area contributed by atoms with Gasteiger partial charge < -0.3 is 14.8 Å². The van der Waals surface area contributed by atoms with Gasteiger partial charge in [0.2, 0.25) is 0 Å². The van der Waals surface area contributed by atoms with E-state index in [1.807, 2.05) is 6.92 Å². The Morgan fingerprint density at radius 2 is 2.00 bits per heavy atom. The molecule has 0 aromatic rings. The Morgan fingerprint density at radius 3 is 2.75 bits per heavy atom. The lowest BCUT2D eigenvalue weighted by Gasteiger charge is -2.26. The van der Waals surface area contributed by atoms with Gasteiger partial charge in [-0.25, -0.2) is 0 Å². The van der Waals surface area contributed by atoms with Gasteiger partial charge in [0.1, 0.15) is 0 Å². The average molecular weight is 229 g/mol. The lowest BCUT2D eigenvalue weighted by Crippen LogP contribution is -2.28. The fourth-order valence-corrected chi connectivity index (χ4v) is 2.24. The Morgan fingerprint density at radius 1 is 1.19 bits per heavy atom. The van der Waals surface area contributed by atoms with E-state index in [1.165, 1.54) is 25.7 Å². The summed E-state index contributed by atoms with van der Waals surface area (Å²) < 4.78 is 11.1. The van der Waals surface area contributed by atoms with Crippen LogP contribution in [-0.4, -0.2) is 39.0 Å². The van der Waals surface area contributed by atoms with Gasteiger partial charge in [-0.3, -0.25) is 0 Å². The molecule has 3 heteroatoms. The number of hydrogen-bond acceptors (Lipinski definition) is 3. The van der Waals surface area contributed by atoms with Crippen molar-refractivity contribution in [1.29, 1.82) is 0 Å². The molecule has 1 saturated carbocycles. The predicted octanol–water partition coefficient (Wildman–Crippen LogP) is 2.21. The lowest BCUT2D eigenvalue weighted by molar-refractivity contribution is 0.0168. The molecule has 1 rings (SSSR count). The van der Waals surface area contributed by atoms with Crippen LogP contribution >= 0.6 is 0 Å². The largest absolute Gasteiger partial charge is 0.380 e. The van der Waals surface area contributed by atoms with Gasteiger partial charge in [-0.05, 0) is 25.7 Å². The molecule has 0 bridgehead atoms. The van der Waals surface area contributed by atoms with Gasteiger partial charge in [0, 0.05) is 19.7 Å². The Labute approximate surface area is 99.9 Å². The highest BCUT2D eigenvalue weighted by molar-refractivity contribution is 4.70. The van der Waals surface area contributed by atoms with E-state index < -0.39 is 0 Å². The summed E-state index contributed by atoms with van der Waals surface area (Å²) in [7, 11) is 0. The maximum Gasteiger partial charge on any atom is 0.0594 e. The van der Waals surface area contributed by atoms with Crippen molar-refractivity contribution in [3.63, 3.8) is 0 Å². The van der Waals surface area contributed by atoms with Crippen molar-refractivity contribution in [3.05, 3.63) is 0 Å². The SMILES string of the molecule is CCOCCNCCOC1CCCC(C)C1. The molecule has 1 fully saturated rings. The summed E-state index contributed by atoms with van der Waals surface area (Å²) in [4.78, 5) is 0. The summed E-state index contributed by atoms with van der Waals surface area (Å²) in [5.41, 5.74) is 0. The number of nitrogens with one attached hydrogen (secondary N) is 1. The lowest BCUT2D eigenvalue weighted by atomic mass is 9.89. The van der Waals surface area contributed by atoms with E-state index in [2.05, 4.69) is 12.2 Å². The Balaban J connectivity index is 1.86. The highest BCUT2D eigenvalue weighted by Crippen LogP contribution is 2.25. The molecule has 0 radical (unpaired) electrons. The molecule has 96 valence electrons. The minimum atomic E-state index is 0.512. The van der Waals surface area contributed by atoms with Gasteiger partial charge in [0.05, 0.1) is 19.3 Å². The summed E-state index contributed by atoms with van der Waals surface area (Å²) in [5.74, 6) is 0.852. The highest BCUT2D eigenvalue weighted by Gasteiger charge is 2.18. The average Bonchev–Trinajstić information content (AvgIpc) is 2.28. The third kappa shape index (κ3) is 6.46. The van der Waals surface area contributed by atoms with E-state index in [9.17, 15) is 0 Å². The molecule has 3 nitrogen and oxygen atoms in total. The first kappa shape index (κ1) is 13.9. The first-order valence-electron chi connectivity index (χ1n) is 6.73. The summed E-state index contributed by atoms with van der Waals surface area (Å²) in [6.07, 6.45) is 5.73. The van der Waals surface area contributed by atoms with Gasteiger partial charge in [-0.1, -0.05) is 19.8 Å². The van der Waals surface area contributed by atoms with Crippen LogP contribution in [-0.2, 0) is 9.47 Å². The van der Waals surface area contributed by atoms with Crippen LogP contribution in [0.25, 0.3) is 0 Å². The fraction of sp³-hybridized carbons (Fsp3) is 1.00. The van der Waals surface area contributed by atoms with Crippen molar-refractivity contribution >= 4 is 0 Å². The molecular weight excluding hydrogens is 202 g/mol. The van der Waals surface area contributed by atoms with Crippen molar-refractivity contribution < 1.29 is 9.47 Å². The third-order valence-corrected chi connectivity index (χ3v) is 3.15. The molecule has 0 saturated heterocycles. The Bertz CT molecular complexity index is 164. The number of ether oxygens (including phenoxy) is 2. The first-order chi connectivity index (χ1) is 7.83. The number of rotatable bonds is 8. The molecule has 0 spiro atoms. The molecule has 16 heavy (non-hydrogen) atoms. The van der Waals surface area contributed by atoms with Crippen molar-refractivity contribution in [1.82, 2.24) is 5.32 Å². The highest BCUT2D eigenvalue weighted by atomic mass is 16.5. The molecule has 1 aliphatic rings. The van der Waals surface area contributed by atoms with E-state index in [4.69, 9.17) is 9.47 Å². The second-order valence-corrected chi connectivity index (χ2v) is 4.71. The summed E-state index contributed by atoms with van der Waals surface area (Å²) in [5, 5.41) is 3.32. The van der Waals surface area contributed by atoms with E-state index in [0.717, 1.165) is 38.8 Å². The van der Waals surface area contributed by atoms with Crippen LogP contribution in [0.2, 0.25) is 0 Å². The van der Waals surface area contributed by atoms with E-state index >= 15 is 0 Å². The van der Waals surface area contributed by atoms with E-state index in [1.54, 1.807) is 0 Å². The van der Waals surface area contributed by atoms with Crippen LogP contribution in [0, 0.1) is 5.92 Å². The summed E-state index contributed by atoms with van der Waals surface area (Å²) in [6.45, 7) is 8.66. The zero-order valence-electron chi connectivity index (χ0n) is 10.8. The Kier molecular flexibility index (Phi) is 7.81. The quantitative estimate of drug-likeness (QED) is 0.647. The molecule has 2 unspecified atom stereocenters. The maximum atomic E-state index is 5.86. The molecule has 0 aliphatic heterocycles. The molecule has 1 aliphatic carbocycles. The molecule has 0 aromatic carbocycles. The van der Waals surface area contributed by atoms with Gasteiger partial charge in [-0.15, -0.1) is 0 Å². The van der Waals surface area contributed by atoms with Gasteiger partial charge >= 0.3 is 0 Å².